The highest BCUT2D eigenvalue weighted by molar-refractivity contribution is 5.92. The maximum absolute atomic E-state index is 12.6. The Labute approximate surface area is 154 Å². The third-order valence-corrected chi connectivity index (χ3v) is 4.25. The molecule has 0 aliphatic carbocycles. The number of benzene rings is 2. The van der Waals surface area contributed by atoms with Gasteiger partial charge in [-0.05, 0) is 43.2 Å². The molecule has 0 aliphatic heterocycles. The number of carbonyl (C=O) groups excluding carboxylic acids is 1. The highest BCUT2D eigenvalue weighted by atomic mass is 16.2. The molecule has 1 amide bonds. The van der Waals surface area contributed by atoms with Crippen molar-refractivity contribution in [2.45, 2.75) is 20.4 Å². The van der Waals surface area contributed by atoms with E-state index in [9.17, 15) is 4.79 Å². The van der Waals surface area contributed by atoms with Crippen LogP contribution in [0, 0.1) is 13.8 Å². The maximum Gasteiger partial charge on any atom is 0.272 e. The smallest absolute Gasteiger partial charge is 0.272 e. The topological polar surface area (TPSA) is 45.2 Å². The van der Waals surface area contributed by atoms with Crippen molar-refractivity contribution in [3.63, 3.8) is 0 Å². The molecule has 0 aliphatic rings. The van der Waals surface area contributed by atoms with E-state index in [1.54, 1.807) is 24.2 Å². The first-order valence-corrected chi connectivity index (χ1v) is 8.62. The van der Waals surface area contributed by atoms with Gasteiger partial charge in [-0.1, -0.05) is 48.0 Å². The summed E-state index contributed by atoms with van der Waals surface area (Å²) in [7, 11) is 1.79. The van der Waals surface area contributed by atoms with Gasteiger partial charge in [0.25, 0.3) is 5.91 Å². The Balaban J connectivity index is 1.67. The molecule has 0 bridgehead atoms. The molecule has 2 aromatic carbocycles. The molecule has 1 N–H and O–H groups in total. The number of nitrogens with zero attached hydrogens (tertiary/aromatic N) is 2. The van der Waals surface area contributed by atoms with Crippen LogP contribution in [0.1, 0.15) is 27.2 Å². The van der Waals surface area contributed by atoms with Crippen molar-refractivity contribution >= 4 is 17.3 Å². The Morgan fingerprint density at radius 1 is 1.04 bits per heavy atom. The van der Waals surface area contributed by atoms with E-state index in [1.807, 2.05) is 36.4 Å². The van der Waals surface area contributed by atoms with E-state index in [0.717, 1.165) is 16.9 Å². The van der Waals surface area contributed by atoms with Crippen LogP contribution in [0.15, 0.2) is 66.9 Å². The van der Waals surface area contributed by atoms with Gasteiger partial charge in [0.05, 0.1) is 11.9 Å². The minimum Gasteiger partial charge on any atom is -0.354 e. The van der Waals surface area contributed by atoms with Crippen LogP contribution in [-0.2, 0) is 6.54 Å². The van der Waals surface area contributed by atoms with Gasteiger partial charge in [-0.25, -0.2) is 4.98 Å². The van der Waals surface area contributed by atoms with Crippen LogP contribution in [0.5, 0.6) is 0 Å². The van der Waals surface area contributed by atoms with Gasteiger partial charge in [-0.3, -0.25) is 4.79 Å². The predicted octanol–water partition coefficient (Wildman–Crippen LogP) is 4.71. The molecular weight excluding hydrogens is 322 g/mol. The number of aryl methyl sites for hydroxylation is 2. The summed E-state index contributed by atoms with van der Waals surface area (Å²) in [5, 5.41) is 3.35. The summed E-state index contributed by atoms with van der Waals surface area (Å²) in [5.41, 5.74) is 5.84. The second-order valence-corrected chi connectivity index (χ2v) is 6.52. The van der Waals surface area contributed by atoms with Gasteiger partial charge >= 0.3 is 0 Å². The lowest BCUT2D eigenvalue weighted by atomic mass is 10.1. The van der Waals surface area contributed by atoms with Crippen LogP contribution in [0.2, 0.25) is 0 Å². The average Bonchev–Trinajstić information content (AvgIpc) is 2.65. The summed E-state index contributed by atoms with van der Waals surface area (Å²) >= 11 is 0. The first-order chi connectivity index (χ1) is 12.5. The molecule has 0 saturated heterocycles. The van der Waals surface area contributed by atoms with Crippen LogP contribution in [0.25, 0.3) is 0 Å². The molecule has 1 aromatic heterocycles. The quantitative estimate of drug-likeness (QED) is 0.728. The molecule has 26 heavy (non-hydrogen) atoms. The second kappa shape index (κ2) is 7.83. The number of rotatable bonds is 5. The molecule has 1 heterocycles. The van der Waals surface area contributed by atoms with E-state index in [0.29, 0.717) is 12.2 Å². The van der Waals surface area contributed by atoms with Crippen molar-refractivity contribution in [3.8, 4) is 0 Å². The van der Waals surface area contributed by atoms with Gasteiger partial charge in [0.15, 0.2) is 0 Å². The van der Waals surface area contributed by atoms with Crippen LogP contribution in [0.3, 0.4) is 0 Å². The van der Waals surface area contributed by atoms with Crippen molar-refractivity contribution in [2.24, 2.45) is 0 Å². The number of hydrogen-bond donors (Lipinski definition) is 1. The monoisotopic (exact) mass is 345 g/mol. The Morgan fingerprint density at radius 3 is 2.46 bits per heavy atom. The number of hydrogen-bond acceptors (Lipinski definition) is 3. The van der Waals surface area contributed by atoms with Crippen molar-refractivity contribution in [2.75, 3.05) is 12.4 Å². The largest absolute Gasteiger partial charge is 0.354 e. The van der Waals surface area contributed by atoms with Gasteiger partial charge in [0.1, 0.15) is 5.69 Å². The standard InChI is InChI=1S/C22H23N3O/c1-16-9-11-20(17(2)13-16)24-19-10-12-21(23-14-19)22(26)25(3)15-18-7-5-4-6-8-18/h4-14,24H,15H2,1-3H3. The number of nitrogens with one attached hydrogen (secondary N) is 1. The van der Waals surface area contributed by atoms with Crippen LogP contribution in [-0.4, -0.2) is 22.8 Å². The lowest BCUT2D eigenvalue weighted by Gasteiger charge is -2.17. The zero-order valence-electron chi connectivity index (χ0n) is 15.4. The van der Waals surface area contributed by atoms with E-state index in [2.05, 4.69) is 42.3 Å². The van der Waals surface area contributed by atoms with Crippen molar-refractivity contribution in [1.82, 2.24) is 9.88 Å². The third-order valence-electron chi connectivity index (χ3n) is 4.25. The Bertz CT molecular complexity index is 889. The molecule has 0 unspecified atom stereocenters. The lowest BCUT2D eigenvalue weighted by Crippen LogP contribution is -2.26. The van der Waals surface area contributed by atoms with Gasteiger partial charge in [0.2, 0.25) is 0 Å². The molecular formula is C22H23N3O. The van der Waals surface area contributed by atoms with Gasteiger partial charge in [0, 0.05) is 19.3 Å². The highest BCUT2D eigenvalue weighted by Crippen LogP contribution is 2.21. The van der Waals surface area contributed by atoms with Crippen LogP contribution < -0.4 is 5.32 Å². The molecule has 4 heteroatoms. The second-order valence-electron chi connectivity index (χ2n) is 6.52. The summed E-state index contributed by atoms with van der Waals surface area (Å²) < 4.78 is 0. The molecule has 0 fully saturated rings. The van der Waals surface area contributed by atoms with Crippen molar-refractivity contribution in [1.29, 1.82) is 0 Å². The Hall–Kier alpha value is -3.14. The molecule has 0 saturated carbocycles. The fourth-order valence-corrected chi connectivity index (χ4v) is 2.83. The molecule has 3 rings (SSSR count). The molecule has 132 valence electrons. The third kappa shape index (κ3) is 4.28. The highest BCUT2D eigenvalue weighted by Gasteiger charge is 2.13. The maximum atomic E-state index is 12.6. The molecule has 4 nitrogen and oxygen atoms in total. The van der Waals surface area contributed by atoms with Gasteiger partial charge < -0.3 is 10.2 Å². The van der Waals surface area contributed by atoms with Gasteiger partial charge in [-0.2, -0.15) is 0 Å². The van der Waals surface area contributed by atoms with Crippen molar-refractivity contribution in [3.05, 3.63) is 89.2 Å². The number of anilines is 2. The fourth-order valence-electron chi connectivity index (χ4n) is 2.83. The average molecular weight is 345 g/mol. The molecule has 3 aromatic rings. The van der Waals surface area contributed by atoms with Crippen LogP contribution >= 0.6 is 0 Å². The summed E-state index contributed by atoms with van der Waals surface area (Å²) in [6, 6.07) is 19.8. The number of amides is 1. The number of carbonyl (C=O) groups is 1. The molecule has 0 radical (unpaired) electrons. The van der Waals surface area contributed by atoms with E-state index in [-0.39, 0.29) is 5.91 Å². The number of pyridine rings is 1. The van der Waals surface area contributed by atoms with Crippen LogP contribution in [0.4, 0.5) is 11.4 Å². The molecule has 0 spiro atoms. The summed E-state index contributed by atoms with van der Waals surface area (Å²) in [6.45, 7) is 4.70. The minimum absolute atomic E-state index is 0.0908. The Kier molecular flexibility index (Phi) is 5.32. The van der Waals surface area contributed by atoms with E-state index >= 15 is 0 Å². The number of aromatic nitrogens is 1. The van der Waals surface area contributed by atoms with Gasteiger partial charge in [-0.15, -0.1) is 0 Å². The fraction of sp³-hybridized carbons (Fsp3) is 0.182. The Morgan fingerprint density at radius 2 is 1.81 bits per heavy atom. The summed E-state index contributed by atoms with van der Waals surface area (Å²) in [5.74, 6) is -0.0908. The summed E-state index contributed by atoms with van der Waals surface area (Å²) in [6.07, 6.45) is 1.70. The lowest BCUT2D eigenvalue weighted by molar-refractivity contribution is 0.0779. The zero-order valence-corrected chi connectivity index (χ0v) is 15.4. The zero-order chi connectivity index (χ0) is 18.5. The first kappa shape index (κ1) is 17.7. The van der Waals surface area contributed by atoms with E-state index in [4.69, 9.17) is 0 Å². The molecule has 0 atom stereocenters. The van der Waals surface area contributed by atoms with E-state index in [1.165, 1.54) is 11.1 Å². The van der Waals surface area contributed by atoms with E-state index < -0.39 is 0 Å². The first-order valence-electron chi connectivity index (χ1n) is 8.62. The predicted molar refractivity (Wildman–Crippen MR) is 106 cm³/mol. The normalized spacial score (nSPS) is 10.4. The SMILES string of the molecule is Cc1ccc(Nc2ccc(C(=O)N(C)Cc3ccccc3)nc2)c(C)c1. The van der Waals surface area contributed by atoms with Crippen molar-refractivity contribution < 1.29 is 4.79 Å². The minimum atomic E-state index is -0.0908. The summed E-state index contributed by atoms with van der Waals surface area (Å²) in [4.78, 5) is 18.6.